The van der Waals surface area contributed by atoms with Crippen molar-refractivity contribution in [3.8, 4) is 0 Å². The quantitative estimate of drug-likeness (QED) is 0.818. The van der Waals surface area contributed by atoms with Crippen LogP contribution < -0.4 is 0 Å². The highest BCUT2D eigenvalue weighted by atomic mass is 19.2. The van der Waals surface area contributed by atoms with Gasteiger partial charge in [-0.2, -0.15) is 0 Å². The van der Waals surface area contributed by atoms with Crippen LogP contribution in [0.25, 0.3) is 0 Å². The van der Waals surface area contributed by atoms with Gasteiger partial charge in [0.25, 0.3) is 0 Å². The summed E-state index contributed by atoms with van der Waals surface area (Å²) in [5, 5.41) is 8.97. The van der Waals surface area contributed by atoms with Gasteiger partial charge in [0.2, 0.25) is 0 Å². The molecule has 0 radical (unpaired) electrons. The Hall–Kier alpha value is -0.960. The van der Waals surface area contributed by atoms with E-state index in [4.69, 9.17) is 5.11 Å². The lowest BCUT2D eigenvalue weighted by molar-refractivity contribution is 0.267. The van der Waals surface area contributed by atoms with Gasteiger partial charge in [0.05, 0.1) is 0 Å². The van der Waals surface area contributed by atoms with E-state index in [1.165, 1.54) is 6.07 Å². The summed E-state index contributed by atoms with van der Waals surface area (Å²) in [6.07, 6.45) is 1.45. The Morgan fingerprint density at radius 1 is 1.19 bits per heavy atom. The summed E-state index contributed by atoms with van der Waals surface area (Å²) in [7, 11) is 0. The number of hydrogen-bond acceptors (Lipinski definition) is 1. The zero-order valence-electron chi connectivity index (χ0n) is 9.71. The Morgan fingerprint density at radius 2 is 1.88 bits per heavy atom. The first kappa shape index (κ1) is 13.1. The summed E-state index contributed by atoms with van der Waals surface area (Å²) in [5.74, 6) is -1.08. The Labute approximate surface area is 95.1 Å². The maximum atomic E-state index is 13.1. The van der Waals surface area contributed by atoms with Crippen molar-refractivity contribution in [3.05, 3.63) is 35.4 Å². The van der Waals surface area contributed by atoms with Gasteiger partial charge < -0.3 is 5.11 Å². The van der Waals surface area contributed by atoms with Crippen LogP contribution in [0.2, 0.25) is 0 Å². The van der Waals surface area contributed by atoms with Crippen molar-refractivity contribution in [1.82, 2.24) is 0 Å². The first-order chi connectivity index (χ1) is 7.54. The second-order valence-corrected chi connectivity index (χ2v) is 4.51. The lowest BCUT2D eigenvalue weighted by Crippen LogP contribution is -2.06. The Morgan fingerprint density at radius 3 is 2.38 bits per heavy atom. The summed E-state index contributed by atoms with van der Waals surface area (Å²) in [4.78, 5) is 0. The van der Waals surface area contributed by atoms with E-state index in [9.17, 15) is 8.78 Å². The summed E-state index contributed by atoms with van der Waals surface area (Å²) in [6.45, 7) is 4.21. The molecule has 0 saturated heterocycles. The Balaban J connectivity index is 2.87. The molecule has 0 aliphatic carbocycles. The third-order valence-electron chi connectivity index (χ3n) is 2.65. The minimum absolute atomic E-state index is 0.0659. The van der Waals surface area contributed by atoms with Crippen LogP contribution in [0.4, 0.5) is 8.78 Å². The van der Waals surface area contributed by atoms with E-state index in [2.05, 4.69) is 13.8 Å². The van der Waals surface area contributed by atoms with Gasteiger partial charge >= 0.3 is 0 Å². The molecular weight excluding hydrogens is 210 g/mol. The van der Waals surface area contributed by atoms with Crippen molar-refractivity contribution in [2.24, 2.45) is 5.92 Å². The molecule has 90 valence electrons. The molecule has 1 rings (SSSR count). The van der Waals surface area contributed by atoms with E-state index in [1.54, 1.807) is 6.07 Å². The largest absolute Gasteiger partial charge is 0.396 e. The third-order valence-corrected chi connectivity index (χ3v) is 2.65. The average Bonchev–Trinajstić information content (AvgIpc) is 2.21. The molecule has 0 aliphatic heterocycles. The Bertz CT molecular complexity index is 337. The number of benzene rings is 1. The van der Waals surface area contributed by atoms with Crippen LogP contribution in [0, 0.1) is 17.6 Å². The molecule has 0 bridgehead atoms. The number of halogens is 2. The monoisotopic (exact) mass is 228 g/mol. The normalized spacial score (nSPS) is 13.1. The molecule has 0 aliphatic rings. The van der Waals surface area contributed by atoms with E-state index in [1.807, 2.05) is 0 Å². The van der Waals surface area contributed by atoms with Crippen LogP contribution in [0.5, 0.6) is 0 Å². The van der Waals surface area contributed by atoms with Crippen LogP contribution in [0.15, 0.2) is 18.2 Å². The van der Waals surface area contributed by atoms with Crippen LogP contribution in [0.1, 0.15) is 38.2 Å². The molecule has 0 fully saturated rings. The number of rotatable bonds is 5. The van der Waals surface area contributed by atoms with Crippen LogP contribution in [-0.4, -0.2) is 11.7 Å². The van der Waals surface area contributed by atoms with Gasteiger partial charge in [-0.1, -0.05) is 19.9 Å². The average molecular weight is 228 g/mol. The van der Waals surface area contributed by atoms with Gasteiger partial charge in [0.1, 0.15) is 0 Å². The SMILES string of the molecule is CC(C)CC(CCO)c1ccc(F)c(F)c1. The predicted octanol–water partition coefficient (Wildman–Crippen LogP) is 3.48. The molecule has 1 N–H and O–H groups in total. The minimum Gasteiger partial charge on any atom is -0.396 e. The lowest BCUT2D eigenvalue weighted by atomic mass is 9.88. The third kappa shape index (κ3) is 3.56. The van der Waals surface area contributed by atoms with Gasteiger partial charge in [0.15, 0.2) is 11.6 Å². The molecule has 0 aromatic heterocycles. The highest BCUT2D eigenvalue weighted by Gasteiger charge is 2.14. The molecule has 16 heavy (non-hydrogen) atoms. The summed E-state index contributed by atoms with van der Waals surface area (Å²) < 4.78 is 25.9. The van der Waals surface area contributed by atoms with Crippen molar-refractivity contribution in [1.29, 1.82) is 0 Å². The molecule has 1 aromatic rings. The molecular formula is C13H18F2O. The van der Waals surface area contributed by atoms with Gasteiger partial charge in [-0.25, -0.2) is 8.78 Å². The topological polar surface area (TPSA) is 20.2 Å². The first-order valence-corrected chi connectivity index (χ1v) is 5.60. The fraction of sp³-hybridized carbons (Fsp3) is 0.538. The maximum absolute atomic E-state index is 13.1. The molecule has 0 saturated carbocycles. The number of hydrogen-bond donors (Lipinski definition) is 1. The second-order valence-electron chi connectivity index (χ2n) is 4.51. The van der Waals surface area contributed by atoms with E-state index in [-0.39, 0.29) is 12.5 Å². The highest BCUT2D eigenvalue weighted by Crippen LogP contribution is 2.27. The maximum Gasteiger partial charge on any atom is 0.159 e. The summed E-state index contributed by atoms with van der Waals surface area (Å²) in [5.41, 5.74) is 0.765. The van der Waals surface area contributed by atoms with Gasteiger partial charge in [0, 0.05) is 6.61 Å². The standard InChI is InChI=1S/C13H18F2O/c1-9(2)7-11(5-6-16)10-3-4-12(14)13(15)8-10/h3-4,8-9,11,16H,5-7H2,1-2H3. The fourth-order valence-electron chi connectivity index (χ4n) is 1.91. The molecule has 0 spiro atoms. The van der Waals surface area contributed by atoms with E-state index >= 15 is 0 Å². The minimum atomic E-state index is -0.823. The van der Waals surface area contributed by atoms with Gasteiger partial charge in [-0.3, -0.25) is 0 Å². The lowest BCUT2D eigenvalue weighted by Gasteiger charge is -2.18. The predicted molar refractivity (Wildman–Crippen MR) is 60.3 cm³/mol. The van der Waals surface area contributed by atoms with Gasteiger partial charge in [-0.15, -0.1) is 0 Å². The second kappa shape index (κ2) is 5.94. The molecule has 0 amide bonds. The van der Waals surface area contributed by atoms with E-state index in [0.717, 1.165) is 18.1 Å². The molecule has 0 heterocycles. The molecule has 1 nitrogen and oxygen atoms in total. The van der Waals surface area contributed by atoms with E-state index < -0.39 is 11.6 Å². The molecule has 1 unspecified atom stereocenters. The van der Waals surface area contributed by atoms with Crippen LogP contribution in [-0.2, 0) is 0 Å². The van der Waals surface area contributed by atoms with Crippen molar-refractivity contribution in [2.45, 2.75) is 32.6 Å². The summed E-state index contributed by atoms with van der Waals surface area (Å²) >= 11 is 0. The summed E-state index contributed by atoms with van der Waals surface area (Å²) in [6, 6.07) is 3.98. The van der Waals surface area contributed by atoms with Crippen molar-refractivity contribution in [2.75, 3.05) is 6.61 Å². The number of aliphatic hydroxyl groups excluding tert-OH is 1. The highest BCUT2D eigenvalue weighted by molar-refractivity contribution is 5.21. The zero-order chi connectivity index (χ0) is 12.1. The smallest absolute Gasteiger partial charge is 0.159 e. The zero-order valence-corrected chi connectivity index (χ0v) is 9.71. The molecule has 1 aromatic carbocycles. The Kier molecular flexibility index (Phi) is 4.87. The molecule has 1 atom stereocenters. The first-order valence-electron chi connectivity index (χ1n) is 5.60. The van der Waals surface area contributed by atoms with Crippen molar-refractivity contribution in [3.63, 3.8) is 0 Å². The van der Waals surface area contributed by atoms with Crippen molar-refractivity contribution < 1.29 is 13.9 Å². The van der Waals surface area contributed by atoms with E-state index in [0.29, 0.717) is 12.3 Å². The van der Waals surface area contributed by atoms with Crippen molar-refractivity contribution >= 4 is 0 Å². The van der Waals surface area contributed by atoms with Gasteiger partial charge in [-0.05, 0) is 42.4 Å². The van der Waals surface area contributed by atoms with Crippen LogP contribution in [0.3, 0.4) is 0 Å². The number of aliphatic hydroxyl groups is 1. The molecule has 3 heteroatoms. The van der Waals surface area contributed by atoms with Crippen LogP contribution >= 0.6 is 0 Å². The fourth-order valence-corrected chi connectivity index (χ4v) is 1.91.